The maximum atomic E-state index is 13.5. The SMILES string of the molecule is CC(C)CNCc1cc(F)ccc1N1CCSC(C)C1. The third-order valence-corrected chi connectivity index (χ3v) is 4.63. The third kappa shape index (κ3) is 4.38. The highest BCUT2D eigenvalue weighted by Crippen LogP contribution is 2.27. The van der Waals surface area contributed by atoms with Crippen LogP contribution < -0.4 is 10.2 Å². The van der Waals surface area contributed by atoms with E-state index in [1.807, 2.05) is 17.8 Å². The van der Waals surface area contributed by atoms with Gasteiger partial charge in [-0.3, -0.25) is 0 Å². The Labute approximate surface area is 126 Å². The summed E-state index contributed by atoms with van der Waals surface area (Å²) in [6.07, 6.45) is 0. The van der Waals surface area contributed by atoms with E-state index in [0.29, 0.717) is 11.2 Å². The Morgan fingerprint density at radius 3 is 2.95 bits per heavy atom. The number of hydrogen-bond acceptors (Lipinski definition) is 3. The fourth-order valence-electron chi connectivity index (χ4n) is 2.54. The van der Waals surface area contributed by atoms with Crippen molar-refractivity contribution in [3.05, 3.63) is 29.6 Å². The van der Waals surface area contributed by atoms with E-state index in [1.54, 1.807) is 12.1 Å². The van der Waals surface area contributed by atoms with Crippen LogP contribution in [0.3, 0.4) is 0 Å². The van der Waals surface area contributed by atoms with E-state index in [4.69, 9.17) is 0 Å². The molecule has 2 rings (SSSR count). The Kier molecular flexibility index (Phi) is 5.73. The normalized spacial score (nSPS) is 19.6. The number of benzene rings is 1. The molecule has 0 amide bonds. The molecule has 1 N–H and O–H groups in total. The summed E-state index contributed by atoms with van der Waals surface area (Å²) in [5.41, 5.74) is 2.26. The molecule has 1 aromatic rings. The van der Waals surface area contributed by atoms with Crippen LogP contribution >= 0.6 is 11.8 Å². The fourth-order valence-corrected chi connectivity index (χ4v) is 3.55. The standard InChI is InChI=1S/C16H25FN2S/c1-12(2)9-18-10-14-8-15(17)4-5-16(14)19-6-7-20-13(3)11-19/h4-5,8,12-13,18H,6-7,9-11H2,1-3H3. The van der Waals surface area contributed by atoms with Gasteiger partial charge in [0.15, 0.2) is 0 Å². The van der Waals surface area contributed by atoms with Gasteiger partial charge in [0.05, 0.1) is 0 Å². The third-order valence-electron chi connectivity index (χ3n) is 3.49. The molecule has 0 aliphatic carbocycles. The molecular weight excluding hydrogens is 271 g/mol. The monoisotopic (exact) mass is 296 g/mol. The minimum Gasteiger partial charge on any atom is -0.369 e. The van der Waals surface area contributed by atoms with Crippen LogP contribution in [-0.4, -0.2) is 30.6 Å². The van der Waals surface area contributed by atoms with E-state index in [1.165, 1.54) is 5.69 Å². The molecule has 4 heteroatoms. The average Bonchev–Trinajstić information content (AvgIpc) is 2.38. The first kappa shape index (κ1) is 15.6. The molecule has 2 nitrogen and oxygen atoms in total. The minimum absolute atomic E-state index is 0.144. The van der Waals surface area contributed by atoms with Gasteiger partial charge in [-0.15, -0.1) is 0 Å². The van der Waals surface area contributed by atoms with Crippen LogP contribution in [0.5, 0.6) is 0 Å². The van der Waals surface area contributed by atoms with Gasteiger partial charge in [0.1, 0.15) is 5.82 Å². The molecule has 112 valence electrons. The molecule has 1 aromatic carbocycles. The summed E-state index contributed by atoms with van der Waals surface area (Å²) in [6, 6.07) is 5.19. The van der Waals surface area contributed by atoms with Gasteiger partial charge >= 0.3 is 0 Å². The number of nitrogens with zero attached hydrogens (tertiary/aromatic N) is 1. The molecule has 1 aliphatic heterocycles. The largest absolute Gasteiger partial charge is 0.369 e. The van der Waals surface area contributed by atoms with Crippen molar-refractivity contribution in [3.8, 4) is 0 Å². The van der Waals surface area contributed by atoms with Gasteiger partial charge in [-0.05, 0) is 36.2 Å². The first-order valence-corrected chi connectivity index (χ1v) is 8.47. The molecule has 0 bridgehead atoms. The van der Waals surface area contributed by atoms with Gasteiger partial charge in [0, 0.05) is 36.3 Å². The van der Waals surface area contributed by atoms with Crippen LogP contribution in [0.15, 0.2) is 18.2 Å². The summed E-state index contributed by atoms with van der Waals surface area (Å²) in [5, 5.41) is 4.06. The lowest BCUT2D eigenvalue weighted by Gasteiger charge is -2.34. The Morgan fingerprint density at radius 1 is 1.45 bits per heavy atom. The molecule has 0 spiro atoms. The van der Waals surface area contributed by atoms with Crippen molar-refractivity contribution in [1.82, 2.24) is 5.32 Å². The highest BCUT2D eigenvalue weighted by atomic mass is 32.2. The molecule has 1 atom stereocenters. The van der Waals surface area contributed by atoms with E-state index >= 15 is 0 Å². The van der Waals surface area contributed by atoms with E-state index in [-0.39, 0.29) is 5.82 Å². The van der Waals surface area contributed by atoms with Crippen LogP contribution in [0.4, 0.5) is 10.1 Å². The van der Waals surface area contributed by atoms with Crippen molar-refractivity contribution >= 4 is 17.4 Å². The van der Waals surface area contributed by atoms with E-state index < -0.39 is 0 Å². The first-order chi connectivity index (χ1) is 9.56. The van der Waals surface area contributed by atoms with Gasteiger partial charge in [-0.25, -0.2) is 4.39 Å². The zero-order valence-electron chi connectivity index (χ0n) is 12.7. The number of rotatable bonds is 5. The number of hydrogen-bond donors (Lipinski definition) is 1. The van der Waals surface area contributed by atoms with Crippen LogP contribution in [0, 0.1) is 11.7 Å². The number of halogens is 1. The second-order valence-electron chi connectivity index (χ2n) is 5.93. The maximum absolute atomic E-state index is 13.5. The Bertz CT molecular complexity index is 436. The lowest BCUT2D eigenvalue weighted by molar-refractivity contribution is 0.549. The number of thioether (sulfide) groups is 1. The maximum Gasteiger partial charge on any atom is 0.123 e. The minimum atomic E-state index is -0.144. The van der Waals surface area contributed by atoms with Crippen molar-refractivity contribution in [2.24, 2.45) is 5.92 Å². The summed E-state index contributed by atoms with van der Waals surface area (Å²) in [5.74, 6) is 1.62. The molecule has 0 aromatic heterocycles. The predicted octanol–water partition coefficient (Wildman–Crippen LogP) is 3.51. The lowest BCUT2D eigenvalue weighted by atomic mass is 10.1. The van der Waals surface area contributed by atoms with Gasteiger partial charge in [0.2, 0.25) is 0 Å². The highest BCUT2D eigenvalue weighted by Gasteiger charge is 2.19. The molecule has 1 fully saturated rings. The smallest absolute Gasteiger partial charge is 0.123 e. The van der Waals surface area contributed by atoms with Gasteiger partial charge in [-0.1, -0.05) is 20.8 Å². The quantitative estimate of drug-likeness (QED) is 0.895. The summed E-state index contributed by atoms with van der Waals surface area (Å²) in [7, 11) is 0. The summed E-state index contributed by atoms with van der Waals surface area (Å²) in [6.45, 7) is 10.4. The Balaban J connectivity index is 2.10. The van der Waals surface area contributed by atoms with Crippen LogP contribution in [0.2, 0.25) is 0 Å². The van der Waals surface area contributed by atoms with Crippen molar-refractivity contribution in [3.63, 3.8) is 0 Å². The summed E-state index contributed by atoms with van der Waals surface area (Å²) >= 11 is 2.02. The Hall–Kier alpha value is -0.740. The van der Waals surface area contributed by atoms with Gasteiger partial charge in [-0.2, -0.15) is 11.8 Å². The van der Waals surface area contributed by atoms with Gasteiger partial charge < -0.3 is 10.2 Å². The zero-order valence-corrected chi connectivity index (χ0v) is 13.5. The van der Waals surface area contributed by atoms with Crippen LogP contribution in [-0.2, 0) is 6.54 Å². The topological polar surface area (TPSA) is 15.3 Å². The predicted molar refractivity (Wildman–Crippen MR) is 87.1 cm³/mol. The Morgan fingerprint density at radius 2 is 2.25 bits per heavy atom. The van der Waals surface area contributed by atoms with Crippen molar-refractivity contribution < 1.29 is 4.39 Å². The molecule has 1 heterocycles. The number of nitrogens with one attached hydrogen (secondary N) is 1. The fraction of sp³-hybridized carbons (Fsp3) is 0.625. The number of anilines is 1. The van der Waals surface area contributed by atoms with E-state index in [0.717, 1.165) is 37.5 Å². The average molecular weight is 296 g/mol. The molecule has 0 radical (unpaired) electrons. The summed E-state index contributed by atoms with van der Waals surface area (Å²) in [4.78, 5) is 2.40. The van der Waals surface area contributed by atoms with E-state index in [9.17, 15) is 4.39 Å². The lowest BCUT2D eigenvalue weighted by Crippen LogP contribution is -2.37. The van der Waals surface area contributed by atoms with Crippen molar-refractivity contribution in [2.75, 3.05) is 30.3 Å². The second-order valence-corrected chi connectivity index (χ2v) is 7.47. The van der Waals surface area contributed by atoms with E-state index in [2.05, 4.69) is 31.0 Å². The van der Waals surface area contributed by atoms with Crippen LogP contribution in [0.1, 0.15) is 26.3 Å². The highest BCUT2D eigenvalue weighted by molar-refractivity contribution is 8.00. The van der Waals surface area contributed by atoms with Gasteiger partial charge in [0.25, 0.3) is 0 Å². The molecule has 1 unspecified atom stereocenters. The van der Waals surface area contributed by atoms with Crippen molar-refractivity contribution in [1.29, 1.82) is 0 Å². The molecule has 1 aliphatic rings. The molecule has 20 heavy (non-hydrogen) atoms. The molecule has 1 saturated heterocycles. The molecular formula is C16H25FN2S. The second kappa shape index (κ2) is 7.32. The zero-order chi connectivity index (χ0) is 14.5. The summed E-state index contributed by atoms with van der Waals surface area (Å²) < 4.78 is 13.5. The molecule has 0 saturated carbocycles. The van der Waals surface area contributed by atoms with Crippen molar-refractivity contribution in [2.45, 2.75) is 32.6 Å². The van der Waals surface area contributed by atoms with Crippen LogP contribution in [0.25, 0.3) is 0 Å². The first-order valence-electron chi connectivity index (χ1n) is 7.42.